The molecule has 0 aliphatic carbocycles. The maximum absolute atomic E-state index is 13.6. The van der Waals surface area contributed by atoms with Crippen LogP contribution in [0.25, 0.3) is 11.7 Å². The molecule has 2 aliphatic heterocycles. The number of carbonyl (C=O) groups excluding carboxylic acids is 1. The van der Waals surface area contributed by atoms with Gasteiger partial charge in [-0.05, 0) is 42.8 Å². The number of pyridine rings is 1. The van der Waals surface area contributed by atoms with Gasteiger partial charge < -0.3 is 9.80 Å². The molecule has 2 aliphatic rings. The third kappa shape index (κ3) is 4.19. The molecule has 10 heteroatoms. The Morgan fingerprint density at radius 1 is 1.09 bits per heavy atom. The Morgan fingerprint density at radius 2 is 1.82 bits per heavy atom. The van der Waals surface area contributed by atoms with Crippen LogP contribution >= 0.6 is 35.6 Å². The second kappa shape index (κ2) is 9.05. The molecule has 174 valence electrons. The number of nitrogens with zero attached hydrogens (tertiary/aromatic N) is 5. The summed E-state index contributed by atoms with van der Waals surface area (Å²) in [6.45, 7) is 4.79. The third-order valence-electron chi connectivity index (χ3n) is 6.00. The number of thiocarbonyl (C=S) groups is 1. The van der Waals surface area contributed by atoms with Gasteiger partial charge in [-0.15, -0.1) is 0 Å². The summed E-state index contributed by atoms with van der Waals surface area (Å²) >= 11 is 12.6. The number of rotatable bonds is 3. The molecule has 1 aromatic carbocycles. The fraction of sp³-hybridized carbons (Fsp3) is 0.250. The number of carbonyl (C=O) groups is 1. The monoisotopic (exact) mass is 511 g/mol. The summed E-state index contributed by atoms with van der Waals surface area (Å²) in [4.78, 5) is 37.3. The van der Waals surface area contributed by atoms with Gasteiger partial charge in [-0.3, -0.25) is 18.9 Å². The number of fused-ring (bicyclic) bond motifs is 1. The molecular weight excluding hydrogens is 490 g/mol. The first-order valence-electron chi connectivity index (χ1n) is 10.8. The van der Waals surface area contributed by atoms with E-state index in [2.05, 4.69) is 9.80 Å². The van der Waals surface area contributed by atoms with Crippen molar-refractivity contribution in [2.45, 2.75) is 6.92 Å². The second-order valence-electron chi connectivity index (χ2n) is 8.28. The molecule has 2 saturated heterocycles. The van der Waals surface area contributed by atoms with Gasteiger partial charge in [0, 0.05) is 50.1 Å². The third-order valence-corrected chi connectivity index (χ3v) is 7.72. The number of benzene rings is 1. The van der Waals surface area contributed by atoms with Crippen LogP contribution in [-0.2, 0) is 4.79 Å². The highest BCUT2D eigenvalue weighted by Crippen LogP contribution is 2.33. The maximum atomic E-state index is 13.6. The zero-order chi connectivity index (χ0) is 24.0. The van der Waals surface area contributed by atoms with Gasteiger partial charge in [0.25, 0.3) is 11.5 Å². The van der Waals surface area contributed by atoms with E-state index < -0.39 is 0 Å². The Labute approximate surface area is 211 Å². The Balaban J connectivity index is 1.55. The highest BCUT2D eigenvalue weighted by molar-refractivity contribution is 8.26. The minimum atomic E-state index is -0.208. The maximum Gasteiger partial charge on any atom is 0.267 e. The van der Waals surface area contributed by atoms with Gasteiger partial charge in [0.15, 0.2) is 0 Å². The van der Waals surface area contributed by atoms with Gasteiger partial charge in [0.2, 0.25) is 0 Å². The van der Waals surface area contributed by atoms with Crippen LogP contribution in [0.1, 0.15) is 11.1 Å². The van der Waals surface area contributed by atoms with Gasteiger partial charge in [-0.1, -0.05) is 47.7 Å². The van der Waals surface area contributed by atoms with Gasteiger partial charge in [0.05, 0.1) is 10.5 Å². The molecule has 0 N–H and O–H groups in total. The Morgan fingerprint density at radius 3 is 2.50 bits per heavy atom. The average Bonchev–Trinajstić information content (AvgIpc) is 3.07. The lowest BCUT2D eigenvalue weighted by atomic mass is 10.2. The molecule has 0 bridgehead atoms. The largest absolute Gasteiger partial charge is 0.368 e. The number of piperazine rings is 1. The summed E-state index contributed by atoms with van der Waals surface area (Å²) in [7, 11) is 1.64. The van der Waals surface area contributed by atoms with Gasteiger partial charge >= 0.3 is 0 Å². The summed E-state index contributed by atoms with van der Waals surface area (Å²) in [5, 5.41) is 0.704. The molecular formula is C24H22ClN5O2S2. The van der Waals surface area contributed by atoms with Crippen molar-refractivity contribution < 1.29 is 4.79 Å². The number of amides is 1. The van der Waals surface area contributed by atoms with Crippen molar-refractivity contribution in [1.82, 2.24) is 14.3 Å². The van der Waals surface area contributed by atoms with Crippen molar-refractivity contribution in [1.29, 1.82) is 0 Å². The number of thioether (sulfide) groups is 1. The number of hydrogen-bond donors (Lipinski definition) is 0. The summed E-state index contributed by atoms with van der Waals surface area (Å²) in [5.74, 6) is 0.376. The van der Waals surface area contributed by atoms with E-state index >= 15 is 0 Å². The lowest BCUT2D eigenvalue weighted by Crippen LogP contribution is -2.47. The molecule has 2 aromatic heterocycles. The van der Waals surface area contributed by atoms with E-state index in [9.17, 15) is 9.59 Å². The molecule has 34 heavy (non-hydrogen) atoms. The summed E-state index contributed by atoms with van der Waals surface area (Å²) < 4.78 is 2.01. The van der Waals surface area contributed by atoms with Crippen molar-refractivity contribution >= 4 is 69.0 Å². The molecule has 1 amide bonds. The van der Waals surface area contributed by atoms with Crippen LogP contribution in [0.15, 0.2) is 52.3 Å². The summed E-state index contributed by atoms with van der Waals surface area (Å²) in [5.41, 5.74) is 2.78. The van der Waals surface area contributed by atoms with Crippen LogP contribution in [0.4, 0.5) is 11.5 Å². The molecule has 0 radical (unpaired) electrons. The number of aryl methyl sites for hydroxylation is 1. The van der Waals surface area contributed by atoms with Gasteiger partial charge in [0.1, 0.15) is 15.8 Å². The number of hydrogen-bond acceptors (Lipinski definition) is 7. The van der Waals surface area contributed by atoms with Crippen LogP contribution in [0.2, 0.25) is 5.02 Å². The average molecular weight is 512 g/mol. The highest BCUT2D eigenvalue weighted by Gasteiger charge is 2.30. The Kier molecular flexibility index (Phi) is 6.09. The quantitative estimate of drug-likeness (QED) is 0.391. The van der Waals surface area contributed by atoms with Crippen LogP contribution in [0, 0.1) is 6.92 Å². The number of likely N-dealkylation sites (N-methyl/N-ethyl adjacent to an activating group) is 1. The zero-order valence-electron chi connectivity index (χ0n) is 18.7. The molecule has 5 rings (SSSR count). The number of aromatic nitrogens is 2. The summed E-state index contributed by atoms with van der Waals surface area (Å²) in [6, 6.07) is 11.6. The molecule has 3 aromatic rings. The zero-order valence-corrected chi connectivity index (χ0v) is 21.1. The van der Waals surface area contributed by atoms with Crippen LogP contribution in [0.3, 0.4) is 0 Å². The Bertz CT molecular complexity index is 1410. The number of anilines is 2. The molecule has 4 heterocycles. The fourth-order valence-electron chi connectivity index (χ4n) is 4.14. The fourth-order valence-corrected chi connectivity index (χ4v) is 5.49. The second-order valence-corrected chi connectivity index (χ2v) is 10.4. The summed E-state index contributed by atoms with van der Waals surface area (Å²) in [6.07, 6.45) is 3.42. The topological polar surface area (TPSA) is 61.2 Å². The van der Waals surface area contributed by atoms with Crippen molar-refractivity contribution in [2.75, 3.05) is 43.0 Å². The van der Waals surface area contributed by atoms with Gasteiger partial charge in [-0.25, -0.2) is 4.98 Å². The smallest absolute Gasteiger partial charge is 0.267 e. The van der Waals surface area contributed by atoms with E-state index in [0.29, 0.717) is 44.4 Å². The van der Waals surface area contributed by atoms with E-state index in [0.717, 1.165) is 24.3 Å². The molecule has 0 spiro atoms. The lowest BCUT2D eigenvalue weighted by Gasteiger charge is -2.37. The first-order valence-corrected chi connectivity index (χ1v) is 12.4. The van der Waals surface area contributed by atoms with E-state index in [1.165, 1.54) is 16.7 Å². The number of halogens is 1. The molecule has 7 nitrogen and oxygen atoms in total. The van der Waals surface area contributed by atoms with Crippen molar-refractivity contribution in [3.8, 4) is 0 Å². The molecule has 0 saturated carbocycles. The normalized spacial score (nSPS) is 18.0. The van der Waals surface area contributed by atoms with E-state index in [4.69, 9.17) is 28.8 Å². The van der Waals surface area contributed by atoms with Crippen molar-refractivity contribution in [3.05, 3.63) is 74.0 Å². The lowest BCUT2D eigenvalue weighted by molar-refractivity contribution is -0.121. The molecule has 0 unspecified atom stereocenters. The molecule has 2 fully saturated rings. The predicted molar refractivity (Wildman–Crippen MR) is 143 cm³/mol. The minimum absolute atomic E-state index is 0.206. The SMILES string of the molecule is Cc1ccc2nc(N3CCN(c4cccc(Cl)c4)CC3)c(/C=C3\SC(=S)N(C)C3=O)c(=O)n2c1. The van der Waals surface area contributed by atoms with Crippen molar-refractivity contribution in [2.24, 2.45) is 0 Å². The predicted octanol–water partition coefficient (Wildman–Crippen LogP) is 3.81. The van der Waals surface area contributed by atoms with E-state index in [1.807, 2.05) is 43.3 Å². The molecule has 0 atom stereocenters. The highest BCUT2D eigenvalue weighted by atomic mass is 35.5. The first-order chi connectivity index (χ1) is 16.3. The van der Waals surface area contributed by atoms with Crippen LogP contribution in [0.5, 0.6) is 0 Å². The minimum Gasteiger partial charge on any atom is -0.368 e. The Hall–Kier alpha value is -2.88. The van der Waals surface area contributed by atoms with Crippen molar-refractivity contribution in [3.63, 3.8) is 0 Å². The van der Waals surface area contributed by atoms with E-state index in [1.54, 1.807) is 23.7 Å². The standard InChI is InChI=1S/C24H22ClN5O2S2/c1-15-6-7-20-26-21(29-10-8-28(9-11-29)17-5-3-4-16(25)12-17)18(22(31)30(20)14-15)13-19-23(32)27(2)24(33)34-19/h3-7,12-14H,8-11H2,1-2H3/b19-13-. The van der Waals surface area contributed by atoms with Gasteiger partial charge in [-0.2, -0.15) is 0 Å². The first kappa shape index (κ1) is 22.9. The van der Waals surface area contributed by atoms with Crippen LogP contribution in [-0.4, -0.2) is 57.7 Å². The van der Waals surface area contributed by atoms with Crippen LogP contribution < -0.4 is 15.4 Å². The van der Waals surface area contributed by atoms with E-state index in [-0.39, 0.29) is 11.5 Å².